The van der Waals surface area contributed by atoms with Gasteiger partial charge >= 0.3 is 0 Å². The number of para-hydroxylation sites is 1. The SMILES string of the molecule is CC1(C)CCC(C)(C)c2c(N(c3ccc(-c4ccc5c(c4)C4(c6ccccc6S5)C5CC6CC(C5)CC4C6)cc3)c3ccc4c(c3)oc3ccccc34)cccc21. The van der Waals surface area contributed by atoms with Gasteiger partial charge in [-0.25, -0.2) is 0 Å². The summed E-state index contributed by atoms with van der Waals surface area (Å²) in [6.07, 6.45) is 9.42. The van der Waals surface area contributed by atoms with Crippen molar-refractivity contribution in [2.24, 2.45) is 23.7 Å². The Bertz CT molecular complexity index is 2720. The number of rotatable bonds is 4. The first-order valence-corrected chi connectivity index (χ1v) is 22.4. The number of nitrogens with zero attached hydrogens (tertiary/aromatic N) is 1. The van der Waals surface area contributed by atoms with E-state index in [-0.39, 0.29) is 16.2 Å². The number of fused-ring (bicyclic) bond motifs is 6. The highest BCUT2D eigenvalue weighted by molar-refractivity contribution is 7.99. The van der Waals surface area contributed by atoms with Crippen LogP contribution in [0.5, 0.6) is 0 Å². The highest BCUT2D eigenvalue weighted by Crippen LogP contribution is 2.69. The molecule has 1 aliphatic heterocycles. The second kappa shape index (κ2) is 12.1. The summed E-state index contributed by atoms with van der Waals surface area (Å²) in [6, 6.07) is 48.6. The third-order valence-electron chi connectivity index (χ3n) is 15.5. The van der Waals surface area contributed by atoms with E-state index in [1.807, 2.05) is 11.8 Å². The molecule has 6 aliphatic rings. The number of benzene rings is 6. The van der Waals surface area contributed by atoms with Crippen LogP contribution in [-0.4, -0.2) is 0 Å². The fraction of sp³-hybridized carbons (Fsp3) is 0.333. The third-order valence-corrected chi connectivity index (χ3v) is 16.7. The molecule has 1 spiro atoms. The predicted octanol–water partition coefficient (Wildman–Crippen LogP) is 15.3. The molecule has 0 N–H and O–H groups in total. The maximum atomic E-state index is 6.50. The molecule has 0 saturated heterocycles. The second-order valence-corrected chi connectivity index (χ2v) is 20.7. The number of anilines is 3. The summed E-state index contributed by atoms with van der Waals surface area (Å²) in [4.78, 5) is 5.47. The van der Waals surface area contributed by atoms with Crippen molar-refractivity contribution in [2.45, 2.75) is 98.7 Å². The van der Waals surface area contributed by atoms with E-state index in [9.17, 15) is 0 Å². The standard InChI is InChI=1S/C54H51NOS/c1-52(2)24-25-53(3,4)51-44(52)12-9-13-46(51)55(40-21-22-42-41-10-5-7-14-47(41)56-48(42)32-40)39-19-16-35(17-20-39)36-18-23-50-45(31-36)54(43-11-6-8-15-49(43)57-50)37-27-33-26-34(29-37)30-38(54)28-33/h5-23,31-34,37-38H,24-30H2,1-4H3. The van der Waals surface area contributed by atoms with Crippen LogP contribution in [0.15, 0.2) is 142 Å². The smallest absolute Gasteiger partial charge is 0.137 e. The lowest BCUT2D eigenvalue weighted by molar-refractivity contribution is -0.0443. The Morgan fingerprint density at radius 3 is 1.98 bits per heavy atom. The van der Waals surface area contributed by atoms with E-state index in [1.54, 1.807) is 11.1 Å². The maximum Gasteiger partial charge on any atom is 0.137 e. The van der Waals surface area contributed by atoms with Gasteiger partial charge in [0.1, 0.15) is 11.2 Å². The van der Waals surface area contributed by atoms with Crippen molar-refractivity contribution < 1.29 is 4.42 Å². The molecule has 2 heterocycles. The molecule has 2 nitrogen and oxygen atoms in total. The Labute approximate surface area is 341 Å². The van der Waals surface area contributed by atoms with Crippen molar-refractivity contribution in [1.82, 2.24) is 0 Å². The molecule has 57 heavy (non-hydrogen) atoms. The first kappa shape index (κ1) is 34.3. The second-order valence-electron chi connectivity index (χ2n) is 19.6. The number of hydrogen-bond acceptors (Lipinski definition) is 3. The zero-order chi connectivity index (χ0) is 38.3. The molecule has 7 aromatic rings. The molecule has 4 bridgehead atoms. The van der Waals surface area contributed by atoms with Gasteiger partial charge in [-0.15, -0.1) is 0 Å². The summed E-state index contributed by atoms with van der Waals surface area (Å²) < 4.78 is 6.50. The molecule has 284 valence electrons. The van der Waals surface area contributed by atoms with Crippen molar-refractivity contribution in [2.75, 3.05) is 4.90 Å². The summed E-state index contributed by atoms with van der Waals surface area (Å²) in [5.74, 6) is 3.36. The van der Waals surface area contributed by atoms with Gasteiger partial charge in [-0.2, -0.15) is 0 Å². The molecule has 0 radical (unpaired) electrons. The van der Waals surface area contributed by atoms with Crippen LogP contribution in [0, 0.1) is 23.7 Å². The van der Waals surface area contributed by atoms with E-state index in [0.717, 1.165) is 57.7 Å². The van der Waals surface area contributed by atoms with E-state index in [4.69, 9.17) is 4.42 Å². The van der Waals surface area contributed by atoms with Crippen molar-refractivity contribution in [3.05, 3.63) is 150 Å². The zero-order valence-electron chi connectivity index (χ0n) is 33.6. The van der Waals surface area contributed by atoms with Crippen LogP contribution in [0.25, 0.3) is 33.1 Å². The van der Waals surface area contributed by atoms with Gasteiger partial charge in [0.25, 0.3) is 0 Å². The molecule has 4 saturated carbocycles. The van der Waals surface area contributed by atoms with Gasteiger partial charge in [-0.05, 0) is 167 Å². The van der Waals surface area contributed by atoms with Gasteiger partial charge < -0.3 is 9.32 Å². The first-order chi connectivity index (χ1) is 27.7. The average molecular weight is 762 g/mol. The van der Waals surface area contributed by atoms with Gasteiger partial charge in [0.05, 0.1) is 5.69 Å². The summed E-state index contributed by atoms with van der Waals surface area (Å²) in [7, 11) is 0. The summed E-state index contributed by atoms with van der Waals surface area (Å²) >= 11 is 2.00. The van der Waals surface area contributed by atoms with Crippen molar-refractivity contribution in [1.29, 1.82) is 0 Å². The fourth-order valence-corrected chi connectivity index (χ4v) is 14.3. The fourth-order valence-electron chi connectivity index (χ4n) is 13.1. The van der Waals surface area contributed by atoms with Gasteiger partial charge in [-0.1, -0.05) is 106 Å². The van der Waals surface area contributed by atoms with E-state index >= 15 is 0 Å². The molecular weight excluding hydrogens is 711 g/mol. The number of furan rings is 1. The van der Waals surface area contributed by atoms with Crippen LogP contribution in [-0.2, 0) is 16.2 Å². The molecule has 5 aliphatic carbocycles. The lowest BCUT2D eigenvalue weighted by Gasteiger charge is -2.63. The molecular formula is C54H51NOS. The topological polar surface area (TPSA) is 16.4 Å². The van der Waals surface area contributed by atoms with Crippen LogP contribution in [0.4, 0.5) is 17.1 Å². The van der Waals surface area contributed by atoms with Crippen molar-refractivity contribution in [3.63, 3.8) is 0 Å². The highest BCUT2D eigenvalue weighted by atomic mass is 32.2. The Morgan fingerprint density at radius 1 is 0.526 bits per heavy atom. The first-order valence-electron chi connectivity index (χ1n) is 21.6. The maximum absolute atomic E-state index is 6.50. The monoisotopic (exact) mass is 761 g/mol. The lowest BCUT2D eigenvalue weighted by Crippen LogP contribution is -2.57. The van der Waals surface area contributed by atoms with Crippen LogP contribution in [0.2, 0.25) is 0 Å². The van der Waals surface area contributed by atoms with Crippen molar-refractivity contribution in [3.8, 4) is 11.1 Å². The largest absolute Gasteiger partial charge is 0.456 e. The minimum absolute atomic E-state index is 0.0384. The molecule has 0 atom stereocenters. The summed E-state index contributed by atoms with van der Waals surface area (Å²) in [5, 5.41) is 2.32. The third kappa shape index (κ3) is 4.97. The Morgan fingerprint density at radius 2 is 1.18 bits per heavy atom. The van der Waals surface area contributed by atoms with Crippen LogP contribution >= 0.6 is 11.8 Å². The molecule has 4 fully saturated rings. The van der Waals surface area contributed by atoms with E-state index < -0.39 is 0 Å². The van der Waals surface area contributed by atoms with E-state index in [1.165, 1.54) is 81.9 Å². The molecule has 1 aromatic heterocycles. The average Bonchev–Trinajstić information content (AvgIpc) is 3.59. The van der Waals surface area contributed by atoms with Gasteiger partial charge in [0, 0.05) is 43.4 Å². The number of hydrogen-bond donors (Lipinski definition) is 0. The normalized spacial score (nSPS) is 26.0. The molecule has 3 heteroatoms. The Hall–Kier alpha value is -4.73. The molecule has 0 amide bonds. The van der Waals surface area contributed by atoms with E-state index in [2.05, 4.69) is 160 Å². The quantitative estimate of drug-likeness (QED) is 0.178. The minimum Gasteiger partial charge on any atom is -0.456 e. The van der Waals surface area contributed by atoms with Gasteiger partial charge in [0.15, 0.2) is 0 Å². The predicted molar refractivity (Wildman–Crippen MR) is 238 cm³/mol. The van der Waals surface area contributed by atoms with Crippen LogP contribution in [0.1, 0.15) is 94.9 Å². The van der Waals surface area contributed by atoms with E-state index in [0.29, 0.717) is 0 Å². The van der Waals surface area contributed by atoms with Crippen LogP contribution < -0.4 is 4.90 Å². The summed E-state index contributed by atoms with van der Waals surface area (Å²) in [5.41, 5.74) is 14.5. The molecule has 0 unspecified atom stereocenters. The highest BCUT2D eigenvalue weighted by Gasteiger charge is 2.60. The molecule has 13 rings (SSSR count). The van der Waals surface area contributed by atoms with Crippen LogP contribution in [0.3, 0.4) is 0 Å². The Balaban J connectivity index is 0.997. The molecule has 6 aromatic carbocycles. The zero-order valence-corrected chi connectivity index (χ0v) is 34.5. The Kier molecular flexibility index (Phi) is 7.32. The summed E-state index contributed by atoms with van der Waals surface area (Å²) in [6.45, 7) is 9.73. The minimum atomic E-state index is 0.0384. The van der Waals surface area contributed by atoms with Gasteiger partial charge in [-0.3, -0.25) is 0 Å². The van der Waals surface area contributed by atoms with Gasteiger partial charge in [0.2, 0.25) is 0 Å². The lowest BCUT2D eigenvalue weighted by atomic mass is 9.42. The van der Waals surface area contributed by atoms with Crippen molar-refractivity contribution >= 4 is 50.8 Å².